The molecule has 0 aliphatic carbocycles. The van der Waals surface area contributed by atoms with Crippen LogP contribution < -0.4 is 5.32 Å². The fraction of sp³-hybridized carbons (Fsp3) is 0.462. The molecule has 1 unspecified atom stereocenters. The molecule has 0 aliphatic heterocycles. The maximum absolute atomic E-state index is 10.9. The summed E-state index contributed by atoms with van der Waals surface area (Å²) < 4.78 is 0. The first-order valence-electron chi connectivity index (χ1n) is 5.54. The number of anilines is 1. The van der Waals surface area contributed by atoms with Crippen LogP contribution in [0.15, 0.2) is 18.2 Å². The Hall–Kier alpha value is -1.55. The highest BCUT2D eigenvalue weighted by Gasteiger charge is 2.23. The van der Waals surface area contributed by atoms with Gasteiger partial charge < -0.3 is 15.5 Å². The van der Waals surface area contributed by atoms with Gasteiger partial charge in [-0.15, -0.1) is 0 Å². The number of carboxylic acid groups (broad SMARTS) is 1. The second-order valence-corrected chi connectivity index (χ2v) is 4.86. The zero-order valence-corrected chi connectivity index (χ0v) is 10.6. The third kappa shape index (κ3) is 3.20. The summed E-state index contributed by atoms with van der Waals surface area (Å²) in [6.07, 6.45) is -0.512. The molecular formula is C13H19NO3. The predicted octanol–water partition coefficient (Wildman–Crippen LogP) is 2.26. The number of carboxylic acids is 1. The average molecular weight is 237 g/mol. The molecule has 0 saturated heterocycles. The third-order valence-corrected chi connectivity index (χ3v) is 2.97. The van der Waals surface area contributed by atoms with Gasteiger partial charge >= 0.3 is 5.97 Å². The van der Waals surface area contributed by atoms with Gasteiger partial charge in [0, 0.05) is 5.69 Å². The fourth-order valence-corrected chi connectivity index (χ4v) is 1.46. The number of nitrogens with one attached hydrogen (secondary N) is 1. The first-order chi connectivity index (χ1) is 7.74. The summed E-state index contributed by atoms with van der Waals surface area (Å²) in [5.41, 5.74) is 1.34. The van der Waals surface area contributed by atoms with Crippen molar-refractivity contribution in [2.75, 3.05) is 5.32 Å². The zero-order valence-electron chi connectivity index (χ0n) is 10.6. The van der Waals surface area contributed by atoms with Crippen LogP contribution >= 0.6 is 0 Å². The number of benzene rings is 1. The molecule has 1 aromatic rings. The lowest BCUT2D eigenvalue weighted by Crippen LogP contribution is -2.41. The van der Waals surface area contributed by atoms with E-state index in [1.54, 1.807) is 32.0 Å². The summed E-state index contributed by atoms with van der Waals surface area (Å²) in [4.78, 5) is 10.9. The molecule has 17 heavy (non-hydrogen) atoms. The largest absolute Gasteiger partial charge is 0.478 e. The summed E-state index contributed by atoms with van der Waals surface area (Å²) in [5, 5.41) is 21.7. The summed E-state index contributed by atoms with van der Waals surface area (Å²) >= 11 is 0. The normalized spacial score (nSPS) is 13.2. The molecule has 1 atom stereocenters. The van der Waals surface area contributed by atoms with Crippen molar-refractivity contribution in [3.8, 4) is 0 Å². The summed E-state index contributed by atoms with van der Waals surface area (Å²) in [6, 6.07) is 5.05. The van der Waals surface area contributed by atoms with Gasteiger partial charge in [-0.1, -0.05) is 0 Å². The van der Waals surface area contributed by atoms with E-state index in [0.29, 0.717) is 11.1 Å². The molecule has 3 N–H and O–H groups in total. The fourth-order valence-electron chi connectivity index (χ4n) is 1.46. The number of aryl methyl sites for hydroxylation is 1. The van der Waals surface area contributed by atoms with Crippen LogP contribution in [0.2, 0.25) is 0 Å². The van der Waals surface area contributed by atoms with E-state index >= 15 is 0 Å². The van der Waals surface area contributed by atoms with Crippen molar-refractivity contribution < 1.29 is 15.0 Å². The Bertz CT molecular complexity index is 425. The molecule has 0 fully saturated rings. The van der Waals surface area contributed by atoms with Gasteiger partial charge in [0.25, 0.3) is 0 Å². The molecule has 0 bridgehead atoms. The highest BCUT2D eigenvalue weighted by atomic mass is 16.4. The van der Waals surface area contributed by atoms with Crippen molar-refractivity contribution in [2.24, 2.45) is 0 Å². The molecule has 4 nitrogen and oxygen atoms in total. The Kier molecular flexibility index (Phi) is 3.78. The van der Waals surface area contributed by atoms with E-state index in [2.05, 4.69) is 5.32 Å². The van der Waals surface area contributed by atoms with Crippen molar-refractivity contribution in [2.45, 2.75) is 39.3 Å². The molecule has 0 saturated carbocycles. The standard InChI is InChI=1S/C13H19NO3/c1-8-7-10(5-6-11(8)12(16)17)14-13(3,4)9(2)15/h5-7,9,14-15H,1-4H3,(H,16,17). The molecule has 4 heteroatoms. The van der Waals surface area contributed by atoms with Crippen LogP contribution in [0.4, 0.5) is 5.69 Å². The predicted molar refractivity (Wildman–Crippen MR) is 67.5 cm³/mol. The minimum Gasteiger partial charge on any atom is -0.478 e. The van der Waals surface area contributed by atoms with E-state index in [1.165, 1.54) is 0 Å². The van der Waals surface area contributed by atoms with Gasteiger partial charge in [0.1, 0.15) is 0 Å². The van der Waals surface area contributed by atoms with Crippen molar-refractivity contribution in [3.63, 3.8) is 0 Å². The highest BCUT2D eigenvalue weighted by Crippen LogP contribution is 2.21. The Labute approximate surface area is 101 Å². The van der Waals surface area contributed by atoms with Gasteiger partial charge in [-0.3, -0.25) is 0 Å². The average Bonchev–Trinajstić information content (AvgIpc) is 2.15. The van der Waals surface area contributed by atoms with Crippen molar-refractivity contribution in [3.05, 3.63) is 29.3 Å². The zero-order chi connectivity index (χ0) is 13.2. The molecule has 94 valence electrons. The molecule has 0 spiro atoms. The number of aliphatic hydroxyl groups excluding tert-OH is 1. The van der Waals surface area contributed by atoms with E-state index in [9.17, 15) is 9.90 Å². The van der Waals surface area contributed by atoms with Crippen LogP contribution in [0.5, 0.6) is 0 Å². The molecule has 0 aliphatic rings. The maximum Gasteiger partial charge on any atom is 0.335 e. The molecular weight excluding hydrogens is 218 g/mol. The quantitative estimate of drug-likeness (QED) is 0.751. The number of hydrogen-bond donors (Lipinski definition) is 3. The van der Waals surface area contributed by atoms with E-state index in [-0.39, 0.29) is 0 Å². The Balaban J connectivity index is 2.96. The van der Waals surface area contributed by atoms with Gasteiger partial charge in [0.15, 0.2) is 0 Å². The summed E-state index contributed by atoms with van der Waals surface area (Å²) in [7, 11) is 0. The van der Waals surface area contributed by atoms with Crippen molar-refractivity contribution in [1.29, 1.82) is 0 Å². The Morgan fingerprint density at radius 3 is 2.41 bits per heavy atom. The van der Waals surface area contributed by atoms with E-state index < -0.39 is 17.6 Å². The van der Waals surface area contributed by atoms with Crippen molar-refractivity contribution >= 4 is 11.7 Å². The topological polar surface area (TPSA) is 69.6 Å². The first-order valence-corrected chi connectivity index (χ1v) is 5.54. The monoisotopic (exact) mass is 237 g/mol. The highest BCUT2D eigenvalue weighted by molar-refractivity contribution is 5.89. The van der Waals surface area contributed by atoms with Crippen molar-refractivity contribution in [1.82, 2.24) is 0 Å². The molecule has 1 aromatic carbocycles. The van der Waals surface area contributed by atoms with Gasteiger partial charge in [-0.05, 0) is 51.5 Å². The van der Waals surface area contributed by atoms with Gasteiger partial charge in [0.2, 0.25) is 0 Å². The molecule has 0 heterocycles. The van der Waals surface area contributed by atoms with Crippen LogP contribution in [0.3, 0.4) is 0 Å². The molecule has 1 rings (SSSR count). The maximum atomic E-state index is 10.9. The van der Waals surface area contributed by atoms with Crippen LogP contribution in [-0.2, 0) is 0 Å². The first kappa shape index (κ1) is 13.5. The second-order valence-electron chi connectivity index (χ2n) is 4.86. The van der Waals surface area contributed by atoms with Gasteiger partial charge in [-0.2, -0.15) is 0 Å². The van der Waals surface area contributed by atoms with Gasteiger partial charge in [-0.25, -0.2) is 4.79 Å². The van der Waals surface area contributed by atoms with E-state index in [0.717, 1.165) is 5.69 Å². The third-order valence-electron chi connectivity index (χ3n) is 2.97. The Morgan fingerprint density at radius 1 is 1.41 bits per heavy atom. The molecule has 0 radical (unpaired) electrons. The number of hydrogen-bond acceptors (Lipinski definition) is 3. The number of carbonyl (C=O) groups is 1. The lowest BCUT2D eigenvalue weighted by molar-refractivity contribution is 0.0696. The Morgan fingerprint density at radius 2 is 2.00 bits per heavy atom. The van der Waals surface area contributed by atoms with E-state index in [1.807, 2.05) is 13.8 Å². The number of rotatable bonds is 4. The van der Waals surface area contributed by atoms with Crippen LogP contribution in [0, 0.1) is 6.92 Å². The minimum absolute atomic E-state index is 0.297. The lowest BCUT2D eigenvalue weighted by Gasteiger charge is -2.30. The summed E-state index contributed by atoms with van der Waals surface area (Å²) in [5.74, 6) is -0.927. The van der Waals surface area contributed by atoms with Crippen LogP contribution in [-0.4, -0.2) is 27.8 Å². The number of aliphatic hydroxyl groups is 1. The lowest BCUT2D eigenvalue weighted by atomic mass is 9.97. The molecule has 0 amide bonds. The summed E-state index contributed by atoms with van der Waals surface area (Å²) in [6.45, 7) is 7.24. The van der Waals surface area contributed by atoms with Crippen LogP contribution in [0.25, 0.3) is 0 Å². The van der Waals surface area contributed by atoms with E-state index in [4.69, 9.17) is 5.11 Å². The SMILES string of the molecule is Cc1cc(NC(C)(C)C(C)O)ccc1C(=O)O. The smallest absolute Gasteiger partial charge is 0.335 e. The molecule has 0 aromatic heterocycles. The minimum atomic E-state index is -0.927. The van der Waals surface area contributed by atoms with Gasteiger partial charge in [0.05, 0.1) is 17.2 Å². The van der Waals surface area contributed by atoms with Crippen LogP contribution in [0.1, 0.15) is 36.7 Å². The second kappa shape index (κ2) is 4.75. The number of aromatic carboxylic acids is 1.